The number of hydrogen-bond acceptors (Lipinski definition) is 5. The molecule has 154 valence electrons. The van der Waals surface area contributed by atoms with Crippen LogP contribution in [0.5, 0.6) is 0 Å². The summed E-state index contributed by atoms with van der Waals surface area (Å²) in [6.07, 6.45) is 14.1. The maximum absolute atomic E-state index is 12.4. The van der Waals surface area contributed by atoms with Crippen LogP contribution in [0.1, 0.15) is 68.3 Å². The van der Waals surface area contributed by atoms with Gasteiger partial charge in [0.2, 0.25) is 0 Å². The average Bonchev–Trinajstić information content (AvgIpc) is 3.04. The summed E-state index contributed by atoms with van der Waals surface area (Å²) in [5, 5.41) is 6.38. The van der Waals surface area contributed by atoms with Crippen LogP contribution >= 0.6 is 0 Å². The second-order valence-electron chi connectivity index (χ2n) is 8.17. The minimum atomic E-state index is -0.123. The van der Waals surface area contributed by atoms with Crippen molar-refractivity contribution in [2.24, 2.45) is 0 Å². The van der Waals surface area contributed by atoms with Crippen molar-refractivity contribution in [3.8, 4) is 0 Å². The van der Waals surface area contributed by atoms with Gasteiger partial charge in [0.15, 0.2) is 0 Å². The molecular weight excluding hydrogens is 362 g/mol. The summed E-state index contributed by atoms with van der Waals surface area (Å²) in [6.45, 7) is 2.28. The molecule has 1 amide bonds. The van der Waals surface area contributed by atoms with Gasteiger partial charge in [-0.05, 0) is 56.4 Å². The Morgan fingerprint density at radius 1 is 0.862 bits per heavy atom. The standard InChI is InChI=1S/C23H31N5O/c29-23(27-18-8-4-1-2-5-9-18)21-16-25-22(17-24-21)26-19-10-12-20(13-11-19)28-14-6-3-7-15-28/h10-13,16-18H,1-9,14-15H2,(H,25,26)(H,27,29). The lowest BCUT2D eigenvalue weighted by molar-refractivity contribution is 0.0928. The molecule has 2 aromatic rings. The Morgan fingerprint density at radius 3 is 2.21 bits per heavy atom. The van der Waals surface area contributed by atoms with Crippen LogP contribution in [0.4, 0.5) is 17.2 Å². The molecule has 1 saturated heterocycles. The first-order valence-corrected chi connectivity index (χ1v) is 11.0. The summed E-state index contributed by atoms with van der Waals surface area (Å²) in [7, 11) is 0. The van der Waals surface area contributed by atoms with E-state index in [0.717, 1.165) is 31.6 Å². The number of benzene rings is 1. The van der Waals surface area contributed by atoms with Crippen LogP contribution in [0.15, 0.2) is 36.7 Å². The first-order valence-electron chi connectivity index (χ1n) is 11.0. The lowest BCUT2D eigenvalue weighted by Gasteiger charge is -2.28. The minimum absolute atomic E-state index is 0.123. The molecule has 0 atom stereocenters. The molecule has 0 unspecified atom stereocenters. The third kappa shape index (κ3) is 5.46. The second kappa shape index (κ2) is 9.72. The van der Waals surface area contributed by atoms with Gasteiger partial charge in [-0.25, -0.2) is 9.97 Å². The van der Waals surface area contributed by atoms with Crippen LogP contribution in [-0.2, 0) is 0 Å². The normalized spacial score (nSPS) is 18.1. The van der Waals surface area contributed by atoms with Crippen molar-refractivity contribution < 1.29 is 4.79 Å². The van der Waals surface area contributed by atoms with Crippen LogP contribution in [0.25, 0.3) is 0 Å². The number of carbonyl (C=O) groups excluding carboxylic acids is 1. The number of carbonyl (C=O) groups is 1. The number of rotatable bonds is 5. The Balaban J connectivity index is 1.32. The van der Waals surface area contributed by atoms with Crippen molar-refractivity contribution in [2.75, 3.05) is 23.3 Å². The zero-order chi connectivity index (χ0) is 19.9. The van der Waals surface area contributed by atoms with E-state index in [9.17, 15) is 4.79 Å². The SMILES string of the molecule is O=C(NC1CCCCCC1)c1cnc(Nc2ccc(N3CCCCC3)cc2)cn1. The Hall–Kier alpha value is -2.63. The van der Waals surface area contributed by atoms with Crippen molar-refractivity contribution in [1.82, 2.24) is 15.3 Å². The van der Waals surface area contributed by atoms with Gasteiger partial charge in [0.1, 0.15) is 11.5 Å². The summed E-state index contributed by atoms with van der Waals surface area (Å²) in [5.74, 6) is 0.517. The third-order valence-corrected chi connectivity index (χ3v) is 5.94. The van der Waals surface area contributed by atoms with Gasteiger partial charge in [-0.15, -0.1) is 0 Å². The van der Waals surface area contributed by atoms with Crippen LogP contribution in [-0.4, -0.2) is 35.0 Å². The molecule has 0 radical (unpaired) electrons. The molecule has 6 nitrogen and oxygen atoms in total. The molecule has 2 heterocycles. The van der Waals surface area contributed by atoms with E-state index in [-0.39, 0.29) is 11.9 Å². The lowest BCUT2D eigenvalue weighted by atomic mass is 10.1. The zero-order valence-corrected chi connectivity index (χ0v) is 17.1. The molecule has 4 rings (SSSR count). The fourth-order valence-corrected chi connectivity index (χ4v) is 4.25. The minimum Gasteiger partial charge on any atom is -0.372 e. The molecule has 6 heteroatoms. The molecule has 1 aliphatic carbocycles. The Kier molecular flexibility index (Phi) is 6.60. The number of hydrogen-bond donors (Lipinski definition) is 2. The molecule has 0 bridgehead atoms. The maximum Gasteiger partial charge on any atom is 0.271 e. The fourth-order valence-electron chi connectivity index (χ4n) is 4.25. The van der Waals surface area contributed by atoms with E-state index in [4.69, 9.17) is 0 Å². The van der Waals surface area contributed by atoms with Gasteiger partial charge in [-0.3, -0.25) is 4.79 Å². The molecule has 29 heavy (non-hydrogen) atoms. The predicted molar refractivity (Wildman–Crippen MR) is 117 cm³/mol. The topological polar surface area (TPSA) is 70.2 Å². The number of anilines is 3. The second-order valence-corrected chi connectivity index (χ2v) is 8.17. The summed E-state index contributed by atoms with van der Waals surface area (Å²) < 4.78 is 0. The molecular formula is C23H31N5O. The largest absolute Gasteiger partial charge is 0.372 e. The Morgan fingerprint density at radius 2 is 1.55 bits per heavy atom. The van der Waals surface area contributed by atoms with E-state index in [2.05, 4.69) is 49.8 Å². The van der Waals surface area contributed by atoms with Gasteiger partial charge in [-0.2, -0.15) is 0 Å². The van der Waals surface area contributed by atoms with Gasteiger partial charge in [0.05, 0.1) is 12.4 Å². The van der Waals surface area contributed by atoms with Crippen LogP contribution < -0.4 is 15.5 Å². The van der Waals surface area contributed by atoms with Crippen LogP contribution in [0.2, 0.25) is 0 Å². The molecule has 1 aromatic heterocycles. The number of nitrogens with zero attached hydrogens (tertiary/aromatic N) is 3. The van der Waals surface area contributed by atoms with Crippen molar-refractivity contribution in [1.29, 1.82) is 0 Å². The molecule has 2 aliphatic rings. The Labute approximate surface area is 173 Å². The summed E-state index contributed by atoms with van der Waals surface area (Å²) >= 11 is 0. The monoisotopic (exact) mass is 393 g/mol. The van der Waals surface area contributed by atoms with Crippen molar-refractivity contribution in [3.05, 3.63) is 42.4 Å². The van der Waals surface area contributed by atoms with Crippen LogP contribution in [0.3, 0.4) is 0 Å². The van der Waals surface area contributed by atoms with Crippen molar-refractivity contribution in [3.63, 3.8) is 0 Å². The van der Waals surface area contributed by atoms with E-state index in [1.165, 1.54) is 50.6 Å². The summed E-state index contributed by atoms with van der Waals surface area (Å²) in [6, 6.07) is 8.70. The van der Waals surface area contributed by atoms with Crippen molar-refractivity contribution in [2.45, 2.75) is 63.8 Å². The van der Waals surface area contributed by atoms with Gasteiger partial charge in [0.25, 0.3) is 5.91 Å². The van der Waals surface area contributed by atoms with Crippen molar-refractivity contribution >= 4 is 23.1 Å². The highest BCUT2D eigenvalue weighted by molar-refractivity contribution is 5.92. The Bertz CT molecular complexity index is 776. The number of nitrogens with one attached hydrogen (secondary N) is 2. The van der Waals surface area contributed by atoms with Gasteiger partial charge < -0.3 is 15.5 Å². The van der Waals surface area contributed by atoms with E-state index < -0.39 is 0 Å². The van der Waals surface area contributed by atoms with Gasteiger partial charge in [-0.1, -0.05) is 25.7 Å². The molecule has 1 aliphatic heterocycles. The predicted octanol–water partition coefficient (Wildman–Crippen LogP) is 4.66. The highest BCUT2D eigenvalue weighted by atomic mass is 16.1. The van der Waals surface area contributed by atoms with Gasteiger partial charge in [0, 0.05) is 30.5 Å². The van der Waals surface area contributed by atoms with Gasteiger partial charge >= 0.3 is 0 Å². The summed E-state index contributed by atoms with van der Waals surface area (Å²) in [5.41, 5.74) is 2.61. The number of amides is 1. The third-order valence-electron chi connectivity index (χ3n) is 5.94. The van der Waals surface area contributed by atoms with E-state index >= 15 is 0 Å². The van der Waals surface area contributed by atoms with E-state index in [1.54, 1.807) is 12.4 Å². The molecule has 1 saturated carbocycles. The first kappa shape index (κ1) is 19.7. The molecule has 2 N–H and O–H groups in total. The molecule has 1 aromatic carbocycles. The lowest BCUT2D eigenvalue weighted by Crippen LogP contribution is -2.34. The average molecular weight is 394 g/mol. The molecule has 2 fully saturated rings. The highest BCUT2D eigenvalue weighted by Crippen LogP contribution is 2.23. The van der Waals surface area contributed by atoms with Crippen LogP contribution in [0, 0.1) is 0 Å². The first-order chi connectivity index (χ1) is 14.3. The fraction of sp³-hybridized carbons (Fsp3) is 0.522. The maximum atomic E-state index is 12.4. The highest BCUT2D eigenvalue weighted by Gasteiger charge is 2.17. The van der Waals surface area contributed by atoms with E-state index in [1.807, 2.05) is 0 Å². The molecule has 0 spiro atoms. The summed E-state index contributed by atoms with van der Waals surface area (Å²) in [4.78, 5) is 23.6. The quantitative estimate of drug-likeness (QED) is 0.723. The zero-order valence-electron chi connectivity index (χ0n) is 17.1. The number of piperidine rings is 1. The van der Waals surface area contributed by atoms with E-state index in [0.29, 0.717) is 11.5 Å². The number of aromatic nitrogens is 2. The smallest absolute Gasteiger partial charge is 0.271 e.